The van der Waals surface area contributed by atoms with E-state index >= 15 is 0 Å². The predicted molar refractivity (Wildman–Crippen MR) is 83.8 cm³/mol. The molecule has 2 N–H and O–H groups in total. The minimum absolute atomic E-state index is 0.745. The second-order valence-corrected chi connectivity index (χ2v) is 5.51. The van der Waals surface area contributed by atoms with Crippen molar-refractivity contribution in [2.45, 2.75) is 58.4 Å². The van der Waals surface area contributed by atoms with E-state index in [9.17, 15) is 0 Å². The lowest BCUT2D eigenvalue weighted by molar-refractivity contribution is 0.163. The summed E-state index contributed by atoms with van der Waals surface area (Å²) in [5.74, 6) is 0.945. The predicted octanol–water partition coefficient (Wildman–Crippen LogP) is 2.22. The van der Waals surface area contributed by atoms with Crippen LogP contribution in [-0.4, -0.2) is 50.1 Å². The molecule has 1 atom stereocenters. The van der Waals surface area contributed by atoms with E-state index in [-0.39, 0.29) is 0 Å². The number of rotatable bonds is 7. The largest absolute Gasteiger partial charge is 0.356 e. The smallest absolute Gasteiger partial charge is 0.191 e. The molecule has 0 aromatic rings. The molecular formula is C15H32N4. The molecule has 4 heteroatoms. The van der Waals surface area contributed by atoms with Gasteiger partial charge in [0.2, 0.25) is 0 Å². The van der Waals surface area contributed by atoms with Gasteiger partial charge < -0.3 is 10.6 Å². The molecule has 112 valence electrons. The van der Waals surface area contributed by atoms with E-state index in [1.807, 2.05) is 7.05 Å². The van der Waals surface area contributed by atoms with Gasteiger partial charge in [0.25, 0.3) is 0 Å². The van der Waals surface area contributed by atoms with Crippen LogP contribution in [0.3, 0.4) is 0 Å². The fourth-order valence-electron chi connectivity index (χ4n) is 2.61. The van der Waals surface area contributed by atoms with Crippen LogP contribution in [0.5, 0.6) is 0 Å². The molecule has 0 aliphatic carbocycles. The monoisotopic (exact) mass is 268 g/mol. The van der Waals surface area contributed by atoms with Gasteiger partial charge in [-0.25, -0.2) is 0 Å². The van der Waals surface area contributed by atoms with Gasteiger partial charge in [-0.1, -0.05) is 26.2 Å². The molecule has 0 radical (unpaired) electrons. The molecule has 1 aliphatic heterocycles. The molecule has 1 rings (SSSR count). The third kappa shape index (κ3) is 6.81. The van der Waals surface area contributed by atoms with Gasteiger partial charge in [-0.2, -0.15) is 0 Å². The Morgan fingerprint density at radius 1 is 1.21 bits per heavy atom. The summed E-state index contributed by atoms with van der Waals surface area (Å²) in [6.07, 6.45) is 7.88. The first-order chi connectivity index (χ1) is 9.27. The van der Waals surface area contributed by atoms with Crippen LogP contribution >= 0.6 is 0 Å². The molecule has 0 bridgehead atoms. The summed E-state index contributed by atoms with van der Waals surface area (Å²) in [5.41, 5.74) is 0. The summed E-state index contributed by atoms with van der Waals surface area (Å²) in [6, 6.07) is 0.745. The lowest BCUT2D eigenvalue weighted by Gasteiger charge is -2.33. The average molecular weight is 268 g/mol. The maximum atomic E-state index is 4.26. The fraction of sp³-hybridized carbons (Fsp3) is 0.933. The number of hydrogen-bond donors (Lipinski definition) is 2. The number of aliphatic imine (C=N–C) groups is 1. The SMILES string of the molecule is CCCCCNC(=NC)NCCN1CCCCC1C. The van der Waals surface area contributed by atoms with Crippen molar-refractivity contribution in [1.29, 1.82) is 0 Å². The molecule has 0 aromatic carbocycles. The second kappa shape index (κ2) is 10.1. The van der Waals surface area contributed by atoms with Crippen LogP contribution in [-0.2, 0) is 0 Å². The molecule has 19 heavy (non-hydrogen) atoms. The summed E-state index contributed by atoms with van der Waals surface area (Å²) in [6.45, 7) is 8.96. The van der Waals surface area contributed by atoms with Gasteiger partial charge >= 0.3 is 0 Å². The number of hydrogen-bond acceptors (Lipinski definition) is 2. The van der Waals surface area contributed by atoms with Crippen molar-refractivity contribution in [2.75, 3.05) is 33.2 Å². The molecule has 1 heterocycles. The van der Waals surface area contributed by atoms with Gasteiger partial charge in [0.1, 0.15) is 0 Å². The topological polar surface area (TPSA) is 39.7 Å². The van der Waals surface area contributed by atoms with Gasteiger partial charge in [-0.05, 0) is 32.7 Å². The lowest BCUT2D eigenvalue weighted by atomic mass is 10.0. The molecule has 0 aromatic heterocycles. The van der Waals surface area contributed by atoms with Crippen molar-refractivity contribution in [3.8, 4) is 0 Å². The summed E-state index contributed by atoms with van der Waals surface area (Å²) >= 11 is 0. The molecule has 1 fully saturated rings. The van der Waals surface area contributed by atoms with Crippen molar-refractivity contribution < 1.29 is 0 Å². The highest BCUT2D eigenvalue weighted by Crippen LogP contribution is 2.15. The maximum Gasteiger partial charge on any atom is 0.191 e. The Labute approximate surface area is 119 Å². The number of likely N-dealkylation sites (tertiary alicyclic amines) is 1. The van der Waals surface area contributed by atoms with E-state index in [0.29, 0.717) is 0 Å². The lowest BCUT2D eigenvalue weighted by Crippen LogP contribution is -2.45. The van der Waals surface area contributed by atoms with E-state index in [1.54, 1.807) is 0 Å². The third-order valence-electron chi connectivity index (χ3n) is 3.93. The van der Waals surface area contributed by atoms with Crippen molar-refractivity contribution in [1.82, 2.24) is 15.5 Å². The molecule has 4 nitrogen and oxygen atoms in total. The summed E-state index contributed by atoms with van der Waals surface area (Å²) in [7, 11) is 1.85. The number of piperidine rings is 1. The molecule has 1 unspecified atom stereocenters. The zero-order valence-corrected chi connectivity index (χ0v) is 13.0. The van der Waals surface area contributed by atoms with Crippen LogP contribution in [0.15, 0.2) is 4.99 Å². The summed E-state index contributed by atoms with van der Waals surface area (Å²) in [4.78, 5) is 6.85. The Morgan fingerprint density at radius 3 is 2.68 bits per heavy atom. The van der Waals surface area contributed by atoms with Gasteiger partial charge in [-0.3, -0.25) is 9.89 Å². The Kier molecular flexibility index (Phi) is 8.63. The normalized spacial score (nSPS) is 21.4. The van der Waals surface area contributed by atoms with Crippen LogP contribution in [0.2, 0.25) is 0 Å². The van der Waals surface area contributed by atoms with E-state index in [0.717, 1.165) is 31.6 Å². The minimum Gasteiger partial charge on any atom is -0.356 e. The van der Waals surface area contributed by atoms with Gasteiger partial charge in [0, 0.05) is 32.7 Å². The van der Waals surface area contributed by atoms with E-state index in [4.69, 9.17) is 0 Å². The Hall–Kier alpha value is -0.770. The molecular weight excluding hydrogens is 236 g/mol. The van der Waals surface area contributed by atoms with Crippen LogP contribution in [0.4, 0.5) is 0 Å². The Balaban J connectivity index is 2.11. The summed E-state index contributed by atoms with van der Waals surface area (Å²) < 4.78 is 0. The van der Waals surface area contributed by atoms with Crippen LogP contribution < -0.4 is 10.6 Å². The van der Waals surface area contributed by atoms with Gasteiger partial charge in [0.05, 0.1) is 0 Å². The zero-order valence-electron chi connectivity index (χ0n) is 13.0. The molecule has 1 aliphatic rings. The van der Waals surface area contributed by atoms with E-state index in [1.165, 1.54) is 45.1 Å². The highest BCUT2D eigenvalue weighted by atomic mass is 15.2. The third-order valence-corrected chi connectivity index (χ3v) is 3.93. The number of nitrogens with one attached hydrogen (secondary N) is 2. The second-order valence-electron chi connectivity index (χ2n) is 5.51. The fourth-order valence-corrected chi connectivity index (χ4v) is 2.61. The standard InChI is InChI=1S/C15H32N4/c1-4-5-7-10-17-15(16-3)18-11-13-19-12-8-6-9-14(19)2/h14H,4-13H2,1-3H3,(H2,16,17,18). The van der Waals surface area contributed by atoms with Gasteiger partial charge in [0.15, 0.2) is 5.96 Å². The maximum absolute atomic E-state index is 4.26. The minimum atomic E-state index is 0.745. The van der Waals surface area contributed by atoms with Crippen LogP contribution in [0, 0.1) is 0 Å². The first kappa shape index (κ1) is 16.3. The zero-order chi connectivity index (χ0) is 13.9. The molecule has 1 saturated heterocycles. The first-order valence-electron chi connectivity index (χ1n) is 7.96. The van der Waals surface area contributed by atoms with Crippen molar-refractivity contribution in [3.05, 3.63) is 0 Å². The quantitative estimate of drug-likeness (QED) is 0.422. The van der Waals surface area contributed by atoms with Crippen LogP contribution in [0.1, 0.15) is 52.4 Å². The average Bonchev–Trinajstić information content (AvgIpc) is 2.43. The van der Waals surface area contributed by atoms with Crippen molar-refractivity contribution in [2.24, 2.45) is 4.99 Å². The molecule has 0 saturated carbocycles. The number of guanidine groups is 1. The van der Waals surface area contributed by atoms with Crippen molar-refractivity contribution in [3.63, 3.8) is 0 Å². The molecule has 0 spiro atoms. The Morgan fingerprint density at radius 2 is 2.00 bits per heavy atom. The van der Waals surface area contributed by atoms with E-state index < -0.39 is 0 Å². The molecule has 0 amide bonds. The number of nitrogens with zero attached hydrogens (tertiary/aromatic N) is 2. The van der Waals surface area contributed by atoms with Gasteiger partial charge in [-0.15, -0.1) is 0 Å². The highest BCUT2D eigenvalue weighted by Gasteiger charge is 2.17. The van der Waals surface area contributed by atoms with E-state index in [2.05, 4.69) is 34.4 Å². The summed E-state index contributed by atoms with van der Waals surface area (Å²) in [5, 5.41) is 6.78. The number of unbranched alkanes of at least 4 members (excludes halogenated alkanes) is 2. The first-order valence-corrected chi connectivity index (χ1v) is 7.96. The van der Waals surface area contributed by atoms with Crippen molar-refractivity contribution >= 4 is 5.96 Å². The highest BCUT2D eigenvalue weighted by molar-refractivity contribution is 5.79. The Bertz CT molecular complexity index is 253. The van der Waals surface area contributed by atoms with Crippen LogP contribution in [0.25, 0.3) is 0 Å².